The Bertz CT molecular complexity index is 1190. The van der Waals surface area contributed by atoms with Gasteiger partial charge in [-0.2, -0.15) is 0 Å². The van der Waals surface area contributed by atoms with Crippen molar-refractivity contribution in [3.05, 3.63) is 71.4 Å². The molecule has 0 spiro atoms. The van der Waals surface area contributed by atoms with Crippen molar-refractivity contribution in [1.29, 1.82) is 0 Å². The molecule has 6 nitrogen and oxygen atoms in total. The van der Waals surface area contributed by atoms with Crippen LogP contribution in [-0.4, -0.2) is 33.6 Å². The van der Waals surface area contributed by atoms with Gasteiger partial charge in [-0.05, 0) is 32.3 Å². The predicted octanol–water partition coefficient (Wildman–Crippen LogP) is 4.61. The molecule has 1 atom stereocenters. The summed E-state index contributed by atoms with van der Waals surface area (Å²) < 4.78 is 1.86. The SMILES string of the molecule is Cc1ccc(CNC(=O)C2CCCN(c3nn4cc(-c5ccc(C)cc5)nc4s3)C2)cc1. The van der Waals surface area contributed by atoms with Gasteiger partial charge in [-0.15, -0.1) is 5.10 Å². The third-order valence-electron chi connectivity index (χ3n) is 6.03. The Morgan fingerprint density at radius 1 is 1.09 bits per heavy atom. The maximum absolute atomic E-state index is 12.8. The van der Waals surface area contributed by atoms with Gasteiger partial charge < -0.3 is 10.2 Å². The fraction of sp³-hybridized carbons (Fsp3) is 0.320. The minimum atomic E-state index is -0.0199. The van der Waals surface area contributed by atoms with Gasteiger partial charge in [0, 0.05) is 25.2 Å². The summed E-state index contributed by atoms with van der Waals surface area (Å²) in [6, 6.07) is 16.7. The van der Waals surface area contributed by atoms with E-state index in [0.717, 1.165) is 46.3 Å². The third-order valence-corrected chi connectivity index (χ3v) is 7.01. The highest BCUT2D eigenvalue weighted by Gasteiger charge is 2.27. The molecule has 0 bridgehead atoms. The van der Waals surface area contributed by atoms with Crippen molar-refractivity contribution in [2.75, 3.05) is 18.0 Å². The Morgan fingerprint density at radius 2 is 1.81 bits per heavy atom. The molecule has 1 saturated heterocycles. The van der Waals surface area contributed by atoms with Crippen LogP contribution in [-0.2, 0) is 11.3 Å². The number of hydrogen-bond donors (Lipinski definition) is 1. The van der Waals surface area contributed by atoms with Crippen LogP contribution in [0.25, 0.3) is 16.2 Å². The van der Waals surface area contributed by atoms with E-state index in [9.17, 15) is 4.79 Å². The quantitative estimate of drug-likeness (QED) is 0.487. The first-order valence-electron chi connectivity index (χ1n) is 11.1. The molecule has 1 fully saturated rings. The largest absolute Gasteiger partial charge is 0.352 e. The number of anilines is 1. The highest BCUT2D eigenvalue weighted by atomic mass is 32.1. The number of carbonyl (C=O) groups is 1. The first-order chi connectivity index (χ1) is 15.5. The first kappa shape index (κ1) is 20.7. The highest BCUT2D eigenvalue weighted by molar-refractivity contribution is 7.20. The van der Waals surface area contributed by atoms with Crippen molar-refractivity contribution in [2.45, 2.75) is 33.2 Å². The molecule has 5 rings (SSSR count). The molecule has 1 aliphatic heterocycles. The van der Waals surface area contributed by atoms with Crippen molar-refractivity contribution < 1.29 is 4.79 Å². The Balaban J connectivity index is 1.24. The van der Waals surface area contributed by atoms with Crippen LogP contribution in [0.2, 0.25) is 0 Å². The van der Waals surface area contributed by atoms with Crippen molar-refractivity contribution >= 4 is 27.3 Å². The summed E-state index contributed by atoms with van der Waals surface area (Å²) in [6.45, 7) is 6.34. The standard InChI is InChI=1S/C25H27N5OS/c1-17-5-9-19(10-6-17)14-26-23(31)21-4-3-13-29(15-21)25-28-30-16-22(27-24(30)32-25)20-11-7-18(2)8-12-20/h5-12,16,21H,3-4,13-15H2,1-2H3,(H,26,31). The molecule has 3 heterocycles. The lowest BCUT2D eigenvalue weighted by Crippen LogP contribution is -2.43. The first-order valence-corrected chi connectivity index (χ1v) is 11.9. The van der Waals surface area contributed by atoms with Crippen LogP contribution >= 0.6 is 11.3 Å². The minimum absolute atomic E-state index is 0.0199. The van der Waals surface area contributed by atoms with E-state index >= 15 is 0 Å². The summed E-state index contributed by atoms with van der Waals surface area (Å²) in [5, 5.41) is 8.80. The van der Waals surface area contributed by atoms with Crippen molar-refractivity contribution in [3.63, 3.8) is 0 Å². The Labute approximate surface area is 191 Å². The van der Waals surface area contributed by atoms with Gasteiger partial charge >= 0.3 is 0 Å². The summed E-state index contributed by atoms with van der Waals surface area (Å²) in [4.78, 5) is 20.7. The van der Waals surface area contributed by atoms with Gasteiger partial charge in [0.2, 0.25) is 16.0 Å². The predicted molar refractivity (Wildman–Crippen MR) is 129 cm³/mol. The van der Waals surface area contributed by atoms with Gasteiger partial charge in [-0.3, -0.25) is 4.79 Å². The lowest BCUT2D eigenvalue weighted by atomic mass is 9.97. The monoisotopic (exact) mass is 445 g/mol. The van der Waals surface area contributed by atoms with Gasteiger partial charge in [0.05, 0.1) is 17.8 Å². The van der Waals surface area contributed by atoms with Crippen LogP contribution in [0, 0.1) is 19.8 Å². The van der Waals surface area contributed by atoms with Crippen LogP contribution in [0.1, 0.15) is 29.5 Å². The van der Waals surface area contributed by atoms with Crippen molar-refractivity contribution in [2.24, 2.45) is 5.92 Å². The number of hydrogen-bond acceptors (Lipinski definition) is 5. The second-order valence-electron chi connectivity index (χ2n) is 8.59. The Kier molecular flexibility index (Phi) is 5.66. The van der Waals surface area contributed by atoms with Gasteiger partial charge in [0.1, 0.15) is 0 Å². The number of aromatic nitrogens is 3. The number of nitrogens with zero attached hydrogens (tertiary/aromatic N) is 4. The Hall–Kier alpha value is -3.19. The number of benzene rings is 2. The third kappa shape index (κ3) is 4.39. The zero-order valence-electron chi connectivity index (χ0n) is 18.4. The number of piperidine rings is 1. The summed E-state index contributed by atoms with van der Waals surface area (Å²) in [5.41, 5.74) is 5.61. The molecule has 0 radical (unpaired) electrons. The number of rotatable bonds is 5. The molecular weight excluding hydrogens is 418 g/mol. The van der Waals surface area contributed by atoms with Gasteiger partial charge in [0.25, 0.3) is 0 Å². The number of imidazole rings is 1. The van der Waals surface area contributed by atoms with Crippen LogP contribution in [0.3, 0.4) is 0 Å². The second kappa shape index (κ2) is 8.74. The molecule has 2 aromatic heterocycles. The highest BCUT2D eigenvalue weighted by Crippen LogP contribution is 2.30. The second-order valence-corrected chi connectivity index (χ2v) is 9.53. The fourth-order valence-electron chi connectivity index (χ4n) is 4.09. The zero-order chi connectivity index (χ0) is 22.1. The zero-order valence-corrected chi connectivity index (χ0v) is 19.2. The molecule has 32 heavy (non-hydrogen) atoms. The van der Waals surface area contributed by atoms with Crippen molar-refractivity contribution in [3.8, 4) is 11.3 Å². The van der Waals surface area contributed by atoms with E-state index in [2.05, 4.69) is 72.6 Å². The van der Waals surface area contributed by atoms with E-state index < -0.39 is 0 Å². The van der Waals surface area contributed by atoms with E-state index in [1.54, 1.807) is 11.3 Å². The van der Waals surface area contributed by atoms with Gasteiger partial charge in [0.15, 0.2) is 0 Å². The average molecular weight is 446 g/mol. The lowest BCUT2D eigenvalue weighted by molar-refractivity contribution is -0.125. The molecule has 1 amide bonds. The molecule has 7 heteroatoms. The number of carbonyl (C=O) groups excluding carboxylic acids is 1. The number of aryl methyl sites for hydroxylation is 2. The van der Waals surface area contributed by atoms with Crippen LogP contribution in [0.5, 0.6) is 0 Å². The lowest BCUT2D eigenvalue weighted by Gasteiger charge is -2.31. The molecule has 4 aromatic rings. The summed E-state index contributed by atoms with van der Waals surface area (Å²) in [5.74, 6) is 0.104. The maximum Gasteiger partial charge on any atom is 0.225 e. The summed E-state index contributed by atoms with van der Waals surface area (Å²) in [6.07, 6.45) is 3.88. The maximum atomic E-state index is 12.8. The number of nitrogens with one attached hydrogen (secondary N) is 1. The molecule has 0 aliphatic carbocycles. The van der Waals surface area contributed by atoms with E-state index in [1.165, 1.54) is 11.1 Å². The molecule has 1 N–H and O–H groups in total. The van der Waals surface area contributed by atoms with Gasteiger partial charge in [-0.1, -0.05) is 71.0 Å². The molecule has 2 aromatic carbocycles. The van der Waals surface area contributed by atoms with E-state index in [0.29, 0.717) is 13.1 Å². The summed E-state index contributed by atoms with van der Waals surface area (Å²) >= 11 is 1.58. The molecule has 1 unspecified atom stereocenters. The molecule has 0 saturated carbocycles. The average Bonchev–Trinajstić information content (AvgIpc) is 3.39. The van der Waals surface area contributed by atoms with Crippen LogP contribution in [0.4, 0.5) is 5.13 Å². The van der Waals surface area contributed by atoms with Gasteiger partial charge in [-0.25, -0.2) is 9.50 Å². The van der Waals surface area contributed by atoms with Crippen LogP contribution in [0.15, 0.2) is 54.7 Å². The van der Waals surface area contributed by atoms with Crippen LogP contribution < -0.4 is 10.2 Å². The number of amides is 1. The molecular formula is C25H27N5OS. The minimum Gasteiger partial charge on any atom is -0.352 e. The van der Waals surface area contributed by atoms with E-state index in [-0.39, 0.29) is 11.8 Å². The molecule has 164 valence electrons. The molecule has 1 aliphatic rings. The fourth-order valence-corrected chi connectivity index (χ4v) is 5.00. The van der Waals surface area contributed by atoms with Crippen molar-refractivity contribution in [1.82, 2.24) is 19.9 Å². The van der Waals surface area contributed by atoms with E-state index in [4.69, 9.17) is 10.1 Å². The number of fused-ring (bicyclic) bond motifs is 1. The Morgan fingerprint density at radius 3 is 2.53 bits per heavy atom. The topological polar surface area (TPSA) is 62.5 Å². The normalized spacial score (nSPS) is 16.4. The smallest absolute Gasteiger partial charge is 0.225 e. The summed E-state index contributed by atoms with van der Waals surface area (Å²) in [7, 11) is 0. The van der Waals surface area contributed by atoms with E-state index in [1.807, 2.05) is 10.7 Å².